The molecule has 3 nitrogen and oxygen atoms in total. The molecule has 0 bridgehead atoms. The van der Waals surface area contributed by atoms with Gasteiger partial charge in [-0.1, -0.05) is 18.2 Å². The van der Waals surface area contributed by atoms with Crippen LogP contribution in [0.5, 0.6) is 5.75 Å². The van der Waals surface area contributed by atoms with Crippen molar-refractivity contribution in [1.29, 1.82) is 0 Å². The fourth-order valence-corrected chi connectivity index (χ4v) is 2.09. The van der Waals surface area contributed by atoms with E-state index in [0.29, 0.717) is 18.7 Å². The van der Waals surface area contributed by atoms with E-state index in [9.17, 15) is 13.2 Å². The van der Waals surface area contributed by atoms with Crippen LogP contribution in [0, 0.1) is 0 Å². The fourth-order valence-electron chi connectivity index (χ4n) is 1.52. The molecule has 0 unspecified atom stereocenters. The van der Waals surface area contributed by atoms with Gasteiger partial charge in [-0.3, -0.25) is 4.98 Å². The molecule has 0 aliphatic rings. The zero-order valence-electron chi connectivity index (χ0n) is 9.78. The van der Waals surface area contributed by atoms with E-state index in [4.69, 9.17) is 0 Å². The molecule has 1 aromatic heterocycles. The Kier molecular flexibility index (Phi) is 4.39. The SMILES string of the molecule is FC(F)(F)Oc1ccccc1CNCc1cncs1. The molecule has 1 heterocycles. The van der Waals surface area contributed by atoms with E-state index in [0.717, 1.165) is 4.88 Å². The van der Waals surface area contributed by atoms with Crippen LogP contribution in [0.3, 0.4) is 0 Å². The molecule has 2 aromatic rings. The van der Waals surface area contributed by atoms with Crippen LogP contribution in [-0.4, -0.2) is 11.3 Å². The van der Waals surface area contributed by atoms with Crippen molar-refractivity contribution in [2.75, 3.05) is 0 Å². The van der Waals surface area contributed by atoms with Gasteiger partial charge in [0.05, 0.1) is 5.51 Å². The van der Waals surface area contributed by atoms with Gasteiger partial charge in [0.15, 0.2) is 0 Å². The highest BCUT2D eigenvalue weighted by atomic mass is 32.1. The van der Waals surface area contributed by atoms with Gasteiger partial charge in [0.25, 0.3) is 0 Å². The highest BCUT2D eigenvalue weighted by Crippen LogP contribution is 2.26. The summed E-state index contributed by atoms with van der Waals surface area (Å²) in [6.45, 7) is 0.856. The summed E-state index contributed by atoms with van der Waals surface area (Å²) in [5.41, 5.74) is 2.17. The molecule has 0 fully saturated rings. The van der Waals surface area contributed by atoms with E-state index in [2.05, 4.69) is 15.0 Å². The average Bonchev–Trinajstić information content (AvgIpc) is 2.82. The summed E-state index contributed by atoms with van der Waals surface area (Å²) in [4.78, 5) is 4.94. The van der Waals surface area contributed by atoms with Crippen molar-refractivity contribution in [2.24, 2.45) is 0 Å². The van der Waals surface area contributed by atoms with Crippen molar-refractivity contribution in [3.63, 3.8) is 0 Å². The second-order valence-electron chi connectivity index (χ2n) is 3.73. The van der Waals surface area contributed by atoms with Gasteiger partial charge in [0.2, 0.25) is 0 Å². The van der Waals surface area contributed by atoms with E-state index in [1.54, 1.807) is 23.8 Å². The zero-order chi connectivity index (χ0) is 13.7. The Bertz CT molecular complexity index is 514. The molecule has 7 heteroatoms. The quantitative estimate of drug-likeness (QED) is 0.916. The predicted molar refractivity (Wildman–Crippen MR) is 65.8 cm³/mol. The van der Waals surface area contributed by atoms with Gasteiger partial charge in [0.1, 0.15) is 5.75 Å². The number of alkyl halides is 3. The Hall–Kier alpha value is -1.60. The van der Waals surface area contributed by atoms with Crippen LogP contribution >= 0.6 is 11.3 Å². The summed E-state index contributed by atoms with van der Waals surface area (Å²) in [6.07, 6.45) is -2.95. The third kappa shape index (κ3) is 4.53. The average molecular weight is 288 g/mol. The second-order valence-corrected chi connectivity index (χ2v) is 4.70. The topological polar surface area (TPSA) is 34.1 Å². The summed E-state index contributed by atoms with van der Waals surface area (Å²) in [7, 11) is 0. The molecule has 1 aromatic carbocycles. The van der Waals surface area contributed by atoms with Gasteiger partial charge < -0.3 is 10.1 Å². The predicted octanol–water partition coefficient (Wildman–Crippen LogP) is 3.33. The van der Waals surface area contributed by atoms with Gasteiger partial charge in [-0.2, -0.15) is 0 Å². The molecule has 0 aliphatic heterocycles. The van der Waals surface area contributed by atoms with Gasteiger partial charge >= 0.3 is 6.36 Å². The second kappa shape index (κ2) is 6.03. The van der Waals surface area contributed by atoms with Crippen LogP contribution in [0.2, 0.25) is 0 Å². The molecule has 0 atom stereocenters. The lowest BCUT2D eigenvalue weighted by Gasteiger charge is -2.13. The van der Waals surface area contributed by atoms with Crippen LogP contribution in [-0.2, 0) is 13.1 Å². The number of nitrogens with zero attached hydrogens (tertiary/aromatic N) is 1. The van der Waals surface area contributed by atoms with E-state index in [-0.39, 0.29) is 5.75 Å². The number of aromatic nitrogens is 1. The first-order chi connectivity index (χ1) is 9.04. The number of para-hydroxylation sites is 1. The molecule has 19 heavy (non-hydrogen) atoms. The molecule has 0 saturated carbocycles. The summed E-state index contributed by atoms with van der Waals surface area (Å²) < 4.78 is 40.6. The van der Waals surface area contributed by atoms with Gasteiger partial charge in [-0.05, 0) is 6.07 Å². The number of halogens is 3. The van der Waals surface area contributed by atoms with Crippen LogP contribution < -0.4 is 10.1 Å². The first-order valence-corrected chi connectivity index (χ1v) is 6.34. The first kappa shape index (κ1) is 13.8. The first-order valence-electron chi connectivity index (χ1n) is 5.46. The maximum absolute atomic E-state index is 12.2. The summed E-state index contributed by atoms with van der Waals surface area (Å²) in [6, 6.07) is 6.08. The Labute approximate surface area is 112 Å². The van der Waals surface area contributed by atoms with Crippen LogP contribution in [0.15, 0.2) is 36.0 Å². The minimum Gasteiger partial charge on any atom is -0.405 e. The lowest BCUT2D eigenvalue weighted by molar-refractivity contribution is -0.274. The minimum absolute atomic E-state index is 0.174. The van der Waals surface area contributed by atoms with E-state index in [1.807, 2.05) is 0 Å². The van der Waals surface area contributed by atoms with Crippen molar-refractivity contribution in [2.45, 2.75) is 19.5 Å². The Morgan fingerprint density at radius 1 is 1.21 bits per heavy atom. The number of hydrogen-bond donors (Lipinski definition) is 1. The highest BCUT2D eigenvalue weighted by molar-refractivity contribution is 7.09. The van der Waals surface area contributed by atoms with E-state index < -0.39 is 6.36 Å². The fraction of sp³-hybridized carbons (Fsp3) is 0.250. The van der Waals surface area contributed by atoms with E-state index >= 15 is 0 Å². The van der Waals surface area contributed by atoms with Gasteiger partial charge in [-0.15, -0.1) is 24.5 Å². The van der Waals surface area contributed by atoms with Crippen molar-refractivity contribution in [1.82, 2.24) is 10.3 Å². The smallest absolute Gasteiger partial charge is 0.405 e. The lowest BCUT2D eigenvalue weighted by Crippen LogP contribution is -2.19. The maximum atomic E-state index is 12.2. The van der Waals surface area contributed by atoms with Crippen molar-refractivity contribution in [3.8, 4) is 5.75 Å². The molecule has 102 valence electrons. The molecule has 0 spiro atoms. The number of rotatable bonds is 5. The number of nitrogens with one attached hydrogen (secondary N) is 1. The number of ether oxygens (including phenoxy) is 1. The zero-order valence-corrected chi connectivity index (χ0v) is 10.6. The van der Waals surface area contributed by atoms with Crippen molar-refractivity contribution >= 4 is 11.3 Å². The molecular formula is C12H11F3N2OS. The Balaban J connectivity index is 1.96. The number of benzene rings is 1. The van der Waals surface area contributed by atoms with E-state index in [1.165, 1.54) is 23.5 Å². The molecule has 0 saturated heterocycles. The molecule has 0 aliphatic carbocycles. The highest BCUT2D eigenvalue weighted by Gasteiger charge is 2.31. The Morgan fingerprint density at radius 2 is 2.00 bits per heavy atom. The summed E-state index contributed by atoms with van der Waals surface area (Å²) in [5.74, 6) is -0.174. The summed E-state index contributed by atoms with van der Waals surface area (Å²) in [5, 5.41) is 3.05. The molecule has 2 rings (SSSR count). The summed E-state index contributed by atoms with van der Waals surface area (Å²) >= 11 is 1.49. The molecule has 0 radical (unpaired) electrons. The van der Waals surface area contributed by atoms with Crippen molar-refractivity contribution in [3.05, 3.63) is 46.4 Å². The van der Waals surface area contributed by atoms with Crippen LogP contribution in [0.4, 0.5) is 13.2 Å². The third-order valence-corrected chi connectivity index (χ3v) is 3.08. The van der Waals surface area contributed by atoms with Crippen molar-refractivity contribution < 1.29 is 17.9 Å². The lowest BCUT2D eigenvalue weighted by atomic mass is 10.2. The van der Waals surface area contributed by atoms with Gasteiger partial charge in [-0.25, -0.2) is 0 Å². The number of hydrogen-bond acceptors (Lipinski definition) is 4. The molecule has 0 amide bonds. The largest absolute Gasteiger partial charge is 0.573 e. The maximum Gasteiger partial charge on any atom is 0.573 e. The number of thiazole rings is 1. The normalized spacial score (nSPS) is 11.5. The standard InChI is InChI=1S/C12H11F3N2OS/c13-12(14,15)18-11-4-2-1-3-9(11)5-16-6-10-7-17-8-19-10/h1-4,7-8,16H,5-6H2. The van der Waals surface area contributed by atoms with Crippen LogP contribution in [0.1, 0.15) is 10.4 Å². The van der Waals surface area contributed by atoms with Gasteiger partial charge in [0, 0.05) is 29.7 Å². The molecular weight excluding hydrogens is 277 g/mol. The Morgan fingerprint density at radius 3 is 2.68 bits per heavy atom. The molecule has 1 N–H and O–H groups in total. The minimum atomic E-state index is -4.67. The van der Waals surface area contributed by atoms with Crippen LogP contribution in [0.25, 0.3) is 0 Å². The monoisotopic (exact) mass is 288 g/mol. The third-order valence-electron chi connectivity index (χ3n) is 2.30.